The van der Waals surface area contributed by atoms with Crippen molar-refractivity contribution in [3.63, 3.8) is 0 Å². The lowest BCUT2D eigenvalue weighted by Gasteiger charge is -2.20. The second-order valence-electron chi connectivity index (χ2n) is 4.51. The first kappa shape index (κ1) is 13.4. The normalized spacial score (nSPS) is 13.2. The number of hydrogen-bond acceptors (Lipinski definition) is 6. The smallest absolute Gasteiger partial charge is 0.407 e. The quantitative estimate of drug-likeness (QED) is 0.813. The van der Waals surface area contributed by atoms with Gasteiger partial charge in [0.2, 0.25) is 6.39 Å². The van der Waals surface area contributed by atoms with Crippen LogP contribution < -0.4 is 10.6 Å². The molecule has 0 saturated carbocycles. The summed E-state index contributed by atoms with van der Waals surface area (Å²) in [6.45, 7) is 5.74. The summed E-state index contributed by atoms with van der Waals surface area (Å²) < 4.78 is 9.75. The average Bonchev–Trinajstić information content (AvgIpc) is 2.69. The van der Waals surface area contributed by atoms with Crippen molar-refractivity contribution in [3.05, 3.63) is 12.2 Å². The Balaban J connectivity index is 2.41. The van der Waals surface area contributed by atoms with Crippen molar-refractivity contribution in [1.82, 2.24) is 20.8 Å². The van der Waals surface area contributed by atoms with Crippen molar-refractivity contribution >= 4 is 6.09 Å². The second kappa shape index (κ2) is 5.62. The van der Waals surface area contributed by atoms with Gasteiger partial charge in [0, 0.05) is 6.54 Å². The standard InChI is InChI=1S/C10H18N4O3/c1-10(2,3)17-9(15)12-5-7(11-4)8-13-6-16-14-8/h6-7,11H,5H2,1-4H3,(H,12,15)/t7-/m0/s1. The Kier molecular flexibility index (Phi) is 4.45. The third kappa shape index (κ3) is 4.81. The van der Waals surface area contributed by atoms with Gasteiger partial charge >= 0.3 is 6.09 Å². The van der Waals surface area contributed by atoms with E-state index in [4.69, 9.17) is 4.74 Å². The molecule has 2 N–H and O–H groups in total. The lowest BCUT2D eigenvalue weighted by molar-refractivity contribution is 0.0522. The molecule has 1 heterocycles. The molecule has 0 aliphatic heterocycles. The summed E-state index contributed by atoms with van der Waals surface area (Å²) in [6, 6.07) is -0.207. The zero-order valence-electron chi connectivity index (χ0n) is 10.5. The Morgan fingerprint density at radius 1 is 1.59 bits per heavy atom. The molecule has 1 atom stereocenters. The predicted molar refractivity (Wildman–Crippen MR) is 60.3 cm³/mol. The Bertz CT molecular complexity index is 345. The topological polar surface area (TPSA) is 89.3 Å². The first-order valence-corrected chi connectivity index (χ1v) is 5.33. The number of ether oxygens (including phenoxy) is 1. The van der Waals surface area contributed by atoms with Crippen molar-refractivity contribution in [2.75, 3.05) is 13.6 Å². The van der Waals surface area contributed by atoms with Gasteiger partial charge in [0.05, 0.1) is 6.04 Å². The lowest BCUT2D eigenvalue weighted by Crippen LogP contribution is -2.37. The van der Waals surface area contributed by atoms with E-state index in [2.05, 4.69) is 25.3 Å². The molecule has 0 saturated heterocycles. The van der Waals surface area contributed by atoms with Crippen LogP contribution in [-0.2, 0) is 4.74 Å². The molecule has 0 fully saturated rings. The molecule has 0 bridgehead atoms. The fourth-order valence-electron chi connectivity index (χ4n) is 1.15. The molecule has 7 nitrogen and oxygen atoms in total. The van der Waals surface area contributed by atoms with Crippen LogP contribution in [0.25, 0.3) is 0 Å². The molecule has 0 aliphatic carbocycles. The molecule has 0 aliphatic rings. The van der Waals surface area contributed by atoms with Gasteiger partial charge in [0.15, 0.2) is 5.82 Å². The van der Waals surface area contributed by atoms with Crippen molar-refractivity contribution in [2.24, 2.45) is 0 Å². The molecule has 96 valence electrons. The zero-order valence-corrected chi connectivity index (χ0v) is 10.5. The monoisotopic (exact) mass is 242 g/mol. The largest absolute Gasteiger partial charge is 0.444 e. The van der Waals surface area contributed by atoms with Crippen LogP contribution in [0.3, 0.4) is 0 Å². The predicted octanol–water partition coefficient (Wildman–Crippen LogP) is 0.855. The van der Waals surface area contributed by atoms with Crippen LogP contribution in [0.4, 0.5) is 4.79 Å². The first-order chi connectivity index (χ1) is 7.92. The fourth-order valence-corrected chi connectivity index (χ4v) is 1.15. The number of aromatic nitrogens is 2. The highest BCUT2D eigenvalue weighted by Gasteiger charge is 2.19. The summed E-state index contributed by atoms with van der Waals surface area (Å²) in [5.74, 6) is 0.489. The molecule has 0 aromatic carbocycles. The third-order valence-electron chi connectivity index (χ3n) is 1.89. The Hall–Kier alpha value is -1.63. The summed E-state index contributed by atoms with van der Waals surface area (Å²) in [5, 5.41) is 9.30. The Labute approximate surface area is 99.9 Å². The molecule has 7 heteroatoms. The van der Waals surface area contributed by atoms with E-state index in [0.717, 1.165) is 0 Å². The van der Waals surface area contributed by atoms with Gasteiger partial charge < -0.3 is 19.9 Å². The van der Waals surface area contributed by atoms with Gasteiger partial charge in [-0.2, -0.15) is 4.98 Å². The van der Waals surface area contributed by atoms with Gasteiger partial charge in [-0.3, -0.25) is 0 Å². The minimum Gasteiger partial charge on any atom is -0.444 e. The number of carbonyl (C=O) groups excluding carboxylic acids is 1. The highest BCUT2D eigenvalue weighted by atomic mass is 16.6. The van der Waals surface area contributed by atoms with Gasteiger partial charge in [-0.25, -0.2) is 4.79 Å². The number of likely N-dealkylation sites (N-methyl/N-ethyl adjacent to an activating group) is 1. The van der Waals surface area contributed by atoms with Crippen LogP contribution in [0, 0.1) is 0 Å². The van der Waals surface area contributed by atoms with E-state index in [-0.39, 0.29) is 6.04 Å². The van der Waals surface area contributed by atoms with Crippen LogP contribution in [-0.4, -0.2) is 35.4 Å². The lowest BCUT2D eigenvalue weighted by atomic mass is 10.2. The number of hydrogen-bond donors (Lipinski definition) is 2. The van der Waals surface area contributed by atoms with E-state index in [1.54, 1.807) is 27.8 Å². The van der Waals surface area contributed by atoms with Gasteiger partial charge in [0.25, 0.3) is 0 Å². The molecule has 1 aromatic heterocycles. The van der Waals surface area contributed by atoms with Gasteiger partial charge in [-0.15, -0.1) is 0 Å². The molecular formula is C10H18N4O3. The maximum absolute atomic E-state index is 11.4. The average molecular weight is 242 g/mol. The first-order valence-electron chi connectivity index (χ1n) is 5.33. The Morgan fingerprint density at radius 3 is 2.76 bits per heavy atom. The summed E-state index contributed by atoms with van der Waals surface area (Å²) >= 11 is 0. The van der Waals surface area contributed by atoms with Crippen LogP contribution in [0.2, 0.25) is 0 Å². The van der Waals surface area contributed by atoms with Crippen molar-refractivity contribution < 1.29 is 14.1 Å². The maximum atomic E-state index is 11.4. The van der Waals surface area contributed by atoms with E-state index in [0.29, 0.717) is 12.4 Å². The van der Waals surface area contributed by atoms with Gasteiger partial charge in [-0.05, 0) is 27.8 Å². The number of alkyl carbamates (subject to hydrolysis) is 1. The van der Waals surface area contributed by atoms with E-state index >= 15 is 0 Å². The molecule has 0 spiro atoms. The number of nitrogens with one attached hydrogen (secondary N) is 2. The van der Waals surface area contributed by atoms with E-state index in [1.165, 1.54) is 6.39 Å². The van der Waals surface area contributed by atoms with Gasteiger partial charge in [-0.1, -0.05) is 5.16 Å². The van der Waals surface area contributed by atoms with Crippen LogP contribution in [0.5, 0.6) is 0 Å². The highest BCUT2D eigenvalue weighted by Crippen LogP contribution is 2.08. The number of rotatable bonds is 4. The van der Waals surface area contributed by atoms with Crippen LogP contribution >= 0.6 is 0 Å². The number of amides is 1. The van der Waals surface area contributed by atoms with Crippen molar-refractivity contribution in [3.8, 4) is 0 Å². The number of carbonyl (C=O) groups is 1. The molecule has 0 unspecified atom stereocenters. The summed E-state index contributed by atoms with van der Waals surface area (Å²) in [7, 11) is 1.75. The molecule has 17 heavy (non-hydrogen) atoms. The maximum Gasteiger partial charge on any atom is 0.407 e. The highest BCUT2D eigenvalue weighted by molar-refractivity contribution is 5.67. The fraction of sp³-hybridized carbons (Fsp3) is 0.700. The molecule has 0 radical (unpaired) electrons. The van der Waals surface area contributed by atoms with Crippen LogP contribution in [0.15, 0.2) is 10.9 Å². The summed E-state index contributed by atoms with van der Waals surface area (Å²) in [5.41, 5.74) is -0.509. The summed E-state index contributed by atoms with van der Waals surface area (Å²) in [4.78, 5) is 15.3. The van der Waals surface area contributed by atoms with Crippen molar-refractivity contribution in [1.29, 1.82) is 0 Å². The molecule has 1 aromatic rings. The second-order valence-corrected chi connectivity index (χ2v) is 4.51. The van der Waals surface area contributed by atoms with Gasteiger partial charge in [0.1, 0.15) is 5.60 Å². The summed E-state index contributed by atoms with van der Waals surface area (Å²) in [6.07, 6.45) is 0.772. The molecular weight excluding hydrogens is 224 g/mol. The van der Waals surface area contributed by atoms with E-state index in [1.807, 2.05) is 0 Å². The van der Waals surface area contributed by atoms with Crippen LogP contribution in [0.1, 0.15) is 32.6 Å². The molecule has 1 rings (SSSR count). The van der Waals surface area contributed by atoms with Crippen molar-refractivity contribution in [2.45, 2.75) is 32.4 Å². The van der Waals surface area contributed by atoms with E-state index < -0.39 is 11.7 Å². The third-order valence-corrected chi connectivity index (χ3v) is 1.89. The minimum atomic E-state index is -0.509. The Morgan fingerprint density at radius 2 is 2.29 bits per heavy atom. The minimum absolute atomic E-state index is 0.207. The SMILES string of the molecule is CN[C@@H](CNC(=O)OC(C)(C)C)c1ncon1. The zero-order chi connectivity index (χ0) is 12.9. The molecule has 1 amide bonds. The van der Waals surface area contributed by atoms with E-state index in [9.17, 15) is 4.79 Å². The number of nitrogens with zero attached hydrogens (tertiary/aromatic N) is 2.